The number of amides is 1. The third-order valence-corrected chi connectivity index (χ3v) is 2.90. The SMILES string of the molecule is C=CCNC(=O)c1[nH]c2ccc(OC)cc2c1C. The first kappa shape index (κ1) is 12.2. The van der Waals surface area contributed by atoms with Gasteiger partial charge >= 0.3 is 0 Å². The number of hydrogen-bond donors (Lipinski definition) is 2. The monoisotopic (exact) mass is 244 g/mol. The van der Waals surface area contributed by atoms with Crippen LogP contribution in [-0.4, -0.2) is 24.5 Å². The maximum atomic E-state index is 11.9. The number of H-pyrrole nitrogens is 1. The van der Waals surface area contributed by atoms with E-state index < -0.39 is 0 Å². The molecule has 1 aromatic heterocycles. The van der Waals surface area contributed by atoms with Gasteiger partial charge in [0.15, 0.2) is 0 Å². The van der Waals surface area contributed by atoms with Crippen LogP contribution in [-0.2, 0) is 0 Å². The summed E-state index contributed by atoms with van der Waals surface area (Å²) < 4.78 is 5.18. The summed E-state index contributed by atoms with van der Waals surface area (Å²) in [4.78, 5) is 15.0. The summed E-state index contributed by atoms with van der Waals surface area (Å²) in [7, 11) is 1.63. The number of methoxy groups -OCH3 is 1. The molecule has 0 radical (unpaired) electrons. The number of carbonyl (C=O) groups excluding carboxylic acids is 1. The van der Waals surface area contributed by atoms with E-state index in [4.69, 9.17) is 4.74 Å². The van der Waals surface area contributed by atoms with Gasteiger partial charge in [0.25, 0.3) is 5.91 Å². The lowest BCUT2D eigenvalue weighted by molar-refractivity contribution is 0.0953. The molecule has 0 fully saturated rings. The molecule has 1 amide bonds. The summed E-state index contributed by atoms with van der Waals surface area (Å²) >= 11 is 0. The number of aromatic nitrogens is 1. The van der Waals surface area contributed by atoms with Gasteiger partial charge in [-0.1, -0.05) is 6.08 Å². The molecule has 2 rings (SSSR count). The predicted octanol–water partition coefficient (Wildman–Crippen LogP) is 2.40. The average Bonchev–Trinajstić information content (AvgIpc) is 2.73. The number of rotatable bonds is 4. The molecular formula is C14H16N2O2. The van der Waals surface area contributed by atoms with Crippen LogP contribution in [0.25, 0.3) is 10.9 Å². The summed E-state index contributed by atoms with van der Waals surface area (Å²) in [5.74, 6) is 0.658. The van der Waals surface area contributed by atoms with Crippen molar-refractivity contribution in [3.63, 3.8) is 0 Å². The van der Waals surface area contributed by atoms with Gasteiger partial charge in [-0.15, -0.1) is 6.58 Å². The van der Waals surface area contributed by atoms with Crippen molar-refractivity contribution in [3.05, 3.63) is 42.1 Å². The number of benzene rings is 1. The van der Waals surface area contributed by atoms with E-state index in [1.807, 2.05) is 25.1 Å². The number of ether oxygens (including phenoxy) is 1. The minimum absolute atomic E-state index is 0.123. The molecule has 1 heterocycles. The third kappa shape index (κ3) is 2.09. The highest BCUT2D eigenvalue weighted by atomic mass is 16.5. The van der Waals surface area contributed by atoms with Crippen LogP contribution in [0.15, 0.2) is 30.9 Å². The number of nitrogens with one attached hydrogen (secondary N) is 2. The lowest BCUT2D eigenvalue weighted by Gasteiger charge is -2.01. The first-order valence-corrected chi connectivity index (χ1v) is 5.72. The molecule has 4 nitrogen and oxygen atoms in total. The molecule has 18 heavy (non-hydrogen) atoms. The summed E-state index contributed by atoms with van der Waals surface area (Å²) in [5.41, 5.74) is 2.43. The van der Waals surface area contributed by atoms with Gasteiger partial charge in [0, 0.05) is 17.4 Å². The second-order valence-corrected chi connectivity index (χ2v) is 4.04. The lowest BCUT2D eigenvalue weighted by atomic mass is 10.1. The van der Waals surface area contributed by atoms with Crippen LogP contribution in [0.4, 0.5) is 0 Å². The van der Waals surface area contributed by atoms with Crippen LogP contribution in [0.2, 0.25) is 0 Å². The Morgan fingerprint density at radius 3 is 3.00 bits per heavy atom. The van der Waals surface area contributed by atoms with Gasteiger partial charge in [0.2, 0.25) is 0 Å². The van der Waals surface area contributed by atoms with Crippen LogP contribution in [0.3, 0.4) is 0 Å². The van der Waals surface area contributed by atoms with Crippen molar-refractivity contribution in [3.8, 4) is 5.75 Å². The van der Waals surface area contributed by atoms with Crippen molar-refractivity contribution in [2.45, 2.75) is 6.92 Å². The highest BCUT2D eigenvalue weighted by molar-refractivity contribution is 6.01. The Morgan fingerprint density at radius 1 is 1.56 bits per heavy atom. The first-order chi connectivity index (χ1) is 8.67. The van der Waals surface area contributed by atoms with Gasteiger partial charge < -0.3 is 15.0 Å². The Balaban J connectivity index is 2.43. The smallest absolute Gasteiger partial charge is 0.268 e. The fourth-order valence-corrected chi connectivity index (χ4v) is 1.91. The topological polar surface area (TPSA) is 54.1 Å². The van der Waals surface area contributed by atoms with E-state index in [-0.39, 0.29) is 5.91 Å². The Bertz CT molecular complexity index is 599. The molecule has 1 aromatic carbocycles. The van der Waals surface area contributed by atoms with Gasteiger partial charge in [-0.25, -0.2) is 0 Å². The third-order valence-electron chi connectivity index (χ3n) is 2.90. The molecule has 0 unspecified atom stereocenters. The van der Waals surface area contributed by atoms with E-state index in [0.29, 0.717) is 12.2 Å². The molecule has 0 atom stereocenters. The fraction of sp³-hybridized carbons (Fsp3) is 0.214. The van der Waals surface area contributed by atoms with E-state index in [1.165, 1.54) is 0 Å². The molecule has 94 valence electrons. The Kier molecular flexibility index (Phi) is 3.37. The van der Waals surface area contributed by atoms with E-state index in [1.54, 1.807) is 13.2 Å². The molecule has 0 saturated heterocycles. The van der Waals surface area contributed by atoms with Crippen LogP contribution in [0.1, 0.15) is 16.1 Å². The standard InChI is InChI=1S/C14H16N2O2/c1-4-7-15-14(17)13-9(2)11-8-10(18-3)5-6-12(11)16-13/h4-6,8,16H,1,7H2,2-3H3,(H,15,17). The molecule has 0 aliphatic rings. The average molecular weight is 244 g/mol. The zero-order valence-corrected chi connectivity index (χ0v) is 10.5. The van der Waals surface area contributed by atoms with E-state index >= 15 is 0 Å². The zero-order chi connectivity index (χ0) is 13.1. The van der Waals surface area contributed by atoms with Gasteiger partial charge in [-0.05, 0) is 30.7 Å². The first-order valence-electron chi connectivity index (χ1n) is 5.72. The van der Waals surface area contributed by atoms with Crippen molar-refractivity contribution < 1.29 is 9.53 Å². The largest absolute Gasteiger partial charge is 0.497 e. The Labute approximate surface area is 106 Å². The highest BCUT2D eigenvalue weighted by Crippen LogP contribution is 2.25. The molecule has 2 N–H and O–H groups in total. The summed E-state index contributed by atoms with van der Waals surface area (Å²) in [6.45, 7) is 5.95. The quantitative estimate of drug-likeness (QED) is 0.811. The van der Waals surface area contributed by atoms with Crippen molar-refractivity contribution in [1.29, 1.82) is 0 Å². The second kappa shape index (κ2) is 4.96. The summed E-state index contributed by atoms with van der Waals surface area (Å²) in [5, 5.41) is 3.76. The minimum Gasteiger partial charge on any atom is -0.497 e. The van der Waals surface area contributed by atoms with Gasteiger partial charge in [-0.3, -0.25) is 4.79 Å². The highest BCUT2D eigenvalue weighted by Gasteiger charge is 2.14. The summed E-state index contributed by atoms with van der Waals surface area (Å²) in [6.07, 6.45) is 1.65. The normalized spacial score (nSPS) is 10.3. The number of hydrogen-bond acceptors (Lipinski definition) is 2. The number of carbonyl (C=O) groups is 1. The molecule has 0 bridgehead atoms. The molecule has 0 spiro atoms. The van der Waals surface area contributed by atoms with Gasteiger partial charge in [0.05, 0.1) is 7.11 Å². The minimum atomic E-state index is -0.123. The fourth-order valence-electron chi connectivity index (χ4n) is 1.91. The Morgan fingerprint density at radius 2 is 2.33 bits per heavy atom. The second-order valence-electron chi connectivity index (χ2n) is 4.04. The molecule has 4 heteroatoms. The van der Waals surface area contributed by atoms with E-state index in [2.05, 4.69) is 16.9 Å². The molecule has 2 aromatic rings. The zero-order valence-electron chi connectivity index (χ0n) is 10.5. The molecule has 0 aliphatic carbocycles. The van der Waals surface area contributed by atoms with Crippen molar-refractivity contribution in [1.82, 2.24) is 10.3 Å². The van der Waals surface area contributed by atoms with E-state index in [9.17, 15) is 4.79 Å². The van der Waals surface area contributed by atoms with Gasteiger partial charge in [-0.2, -0.15) is 0 Å². The van der Waals surface area contributed by atoms with Crippen molar-refractivity contribution >= 4 is 16.8 Å². The van der Waals surface area contributed by atoms with E-state index in [0.717, 1.165) is 22.2 Å². The molecular weight excluding hydrogens is 228 g/mol. The molecule has 0 aliphatic heterocycles. The van der Waals surface area contributed by atoms with Crippen molar-refractivity contribution in [2.24, 2.45) is 0 Å². The lowest BCUT2D eigenvalue weighted by Crippen LogP contribution is -2.24. The van der Waals surface area contributed by atoms with Gasteiger partial charge in [0.1, 0.15) is 11.4 Å². The number of fused-ring (bicyclic) bond motifs is 1. The van der Waals surface area contributed by atoms with Crippen LogP contribution in [0.5, 0.6) is 5.75 Å². The van der Waals surface area contributed by atoms with Crippen LogP contribution >= 0.6 is 0 Å². The molecule has 0 saturated carbocycles. The Hall–Kier alpha value is -2.23. The van der Waals surface area contributed by atoms with Crippen LogP contribution in [0, 0.1) is 6.92 Å². The summed E-state index contributed by atoms with van der Waals surface area (Å²) in [6, 6.07) is 5.70. The number of aryl methyl sites for hydroxylation is 1. The van der Waals surface area contributed by atoms with Crippen molar-refractivity contribution in [2.75, 3.05) is 13.7 Å². The maximum absolute atomic E-state index is 11.9. The van der Waals surface area contributed by atoms with Crippen LogP contribution < -0.4 is 10.1 Å². The number of aromatic amines is 1. The maximum Gasteiger partial charge on any atom is 0.268 e. The predicted molar refractivity (Wildman–Crippen MR) is 72.1 cm³/mol.